The molecule has 0 aliphatic heterocycles. The van der Waals surface area contributed by atoms with Crippen molar-refractivity contribution in [2.24, 2.45) is 7.05 Å². The van der Waals surface area contributed by atoms with Gasteiger partial charge < -0.3 is 15.0 Å². The SMILES string of the molecule is COC(=O)c1c(N)c2c(F)cccc2n1C. The van der Waals surface area contributed by atoms with E-state index >= 15 is 0 Å². The maximum Gasteiger partial charge on any atom is 0.356 e. The standard InChI is InChI=1S/C11H11FN2O2/c1-14-7-5-3-4-6(12)8(7)9(13)10(14)11(15)16-2/h3-5H,13H2,1-2H3. The molecule has 0 unspecified atom stereocenters. The van der Waals surface area contributed by atoms with Gasteiger partial charge in [-0.2, -0.15) is 0 Å². The Morgan fingerprint density at radius 2 is 2.19 bits per heavy atom. The van der Waals surface area contributed by atoms with E-state index in [0.717, 1.165) is 0 Å². The molecule has 2 rings (SSSR count). The number of esters is 1. The maximum atomic E-state index is 13.6. The lowest BCUT2D eigenvalue weighted by molar-refractivity contribution is 0.0592. The number of carbonyl (C=O) groups is 1. The molecule has 2 N–H and O–H groups in total. The van der Waals surface area contributed by atoms with Crippen molar-refractivity contribution < 1.29 is 13.9 Å². The fraction of sp³-hybridized carbons (Fsp3) is 0.182. The van der Waals surface area contributed by atoms with Crippen LogP contribution in [-0.4, -0.2) is 17.6 Å². The van der Waals surface area contributed by atoms with Gasteiger partial charge in [0.15, 0.2) is 5.69 Å². The molecule has 0 saturated carbocycles. The first-order chi connectivity index (χ1) is 7.57. The van der Waals surface area contributed by atoms with Crippen molar-refractivity contribution in [1.82, 2.24) is 4.57 Å². The molecule has 16 heavy (non-hydrogen) atoms. The Morgan fingerprint density at radius 3 is 2.75 bits per heavy atom. The number of aromatic nitrogens is 1. The van der Waals surface area contributed by atoms with E-state index in [1.807, 2.05) is 0 Å². The van der Waals surface area contributed by atoms with Crippen molar-refractivity contribution in [1.29, 1.82) is 0 Å². The summed E-state index contributed by atoms with van der Waals surface area (Å²) in [6.45, 7) is 0. The fourth-order valence-electron chi connectivity index (χ4n) is 1.82. The smallest absolute Gasteiger partial charge is 0.356 e. The first kappa shape index (κ1) is 10.5. The highest BCUT2D eigenvalue weighted by Gasteiger charge is 2.21. The van der Waals surface area contributed by atoms with Gasteiger partial charge in [0.2, 0.25) is 0 Å². The van der Waals surface area contributed by atoms with Gasteiger partial charge >= 0.3 is 5.97 Å². The van der Waals surface area contributed by atoms with Gasteiger partial charge in [-0.3, -0.25) is 0 Å². The molecule has 84 valence electrons. The number of aryl methyl sites for hydroxylation is 1. The quantitative estimate of drug-likeness (QED) is 0.747. The van der Waals surface area contributed by atoms with E-state index in [4.69, 9.17) is 5.73 Å². The first-order valence-electron chi connectivity index (χ1n) is 4.68. The van der Waals surface area contributed by atoms with E-state index in [2.05, 4.69) is 4.74 Å². The summed E-state index contributed by atoms with van der Waals surface area (Å²) < 4.78 is 19.7. The molecule has 0 amide bonds. The Labute approximate surface area is 91.4 Å². The predicted molar refractivity (Wildman–Crippen MR) is 58.6 cm³/mol. The molecule has 1 aromatic heterocycles. The normalized spacial score (nSPS) is 10.7. The highest BCUT2D eigenvalue weighted by Crippen LogP contribution is 2.30. The Bertz CT molecular complexity index is 575. The van der Waals surface area contributed by atoms with Crippen LogP contribution in [0.4, 0.5) is 10.1 Å². The van der Waals surface area contributed by atoms with Gasteiger partial charge in [-0.1, -0.05) is 6.07 Å². The molecule has 1 heterocycles. The number of rotatable bonds is 1. The van der Waals surface area contributed by atoms with Gasteiger partial charge in [-0.15, -0.1) is 0 Å². The Hall–Kier alpha value is -2.04. The first-order valence-corrected chi connectivity index (χ1v) is 4.68. The maximum absolute atomic E-state index is 13.6. The number of fused-ring (bicyclic) bond motifs is 1. The molecular formula is C11H11FN2O2. The van der Waals surface area contributed by atoms with Crippen LogP contribution in [0.2, 0.25) is 0 Å². The van der Waals surface area contributed by atoms with Gasteiger partial charge in [0, 0.05) is 7.05 Å². The number of hydrogen-bond acceptors (Lipinski definition) is 3. The second-order valence-corrected chi connectivity index (χ2v) is 3.45. The van der Waals surface area contributed by atoms with E-state index in [0.29, 0.717) is 5.52 Å². The van der Waals surface area contributed by atoms with Gasteiger partial charge in [-0.25, -0.2) is 9.18 Å². The summed E-state index contributed by atoms with van der Waals surface area (Å²) in [5.41, 5.74) is 6.61. The number of methoxy groups -OCH3 is 1. The lowest BCUT2D eigenvalue weighted by atomic mass is 10.2. The van der Waals surface area contributed by atoms with E-state index in [1.165, 1.54) is 17.7 Å². The third kappa shape index (κ3) is 1.25. The molecule has 0 radical (unpaired) electrons. The Kier molecular flexibility index (Phi) is 2.30. The zero-order chi connectivity index (χ0) is 11.9. The molecule has 0 aliphatic carbocycles. The van der Waals surface area contributed by atoms with E-state index in [-0.39, 0.29) is 16.8 Å². The van der Waals surface area contributed by atoms with Crippen LogP contribution >= 0.6 is 0 Å². The van der Waals surface area contributed by atoms with Crippen LogP contribution in [0.3, 0.4) is 0 Å². The summed E-state index contributed by atoms with van der Waals surface area (Å²) >= 11 is 0. The third-order valence-electron chi connectivity index (χ3n) is 2.59. The summed E-state index contributed by atoms with van der Waals surface area (Å²) in [4.78, 5) is 11.5. The summed E-state index contributed by atoms with van der Waals surface area (Å²) in [5, 5.41) is 0.255. The molecule has 0 saturated heterocycles. The topological polar surface area (TPSA) is 57.2 Å². The Balaban J connectivity index is 2.87. The minimum absolute atomic E-state index is 0.113. The third-order valence-corrected chi connectivity index (χ3v) is 2.59. The van der Waals surface area contributed by atoms with Crippen molar-refractivity contribution in [2.45, 2.75) is 0 Å². The second-order valence-electron chi connectivity index (χ2n) is 3.45. The van der Waals surface area contributed by atoms with Gasteiger partial charge in [0.05, 0.1) is 23.7 Å². The monoisotopic (exact) mass is 222 g/mol. The van der Waals surface area contributed by atoms with Crippen LogP contribution in [0.1, 0.15) is 10.5 Å². The van der Waals surface area contributed by atoms with Gasteiger partial charge in [0.1, 0.15) is 5.82 Å². The van der Waals surface area contributed by atoms with Crippen LogP contribution in [-0.2, 0) is 11.8 Å². The average molecular weight is 222 g/mol. The number of nitrogens with zero attached hydrogens (tertiary/aromatic N) is 1. The van der Waals surface area contributed by atoms with Crippen LogP contribution < -0.4 is 5.73 Å². The number of ether oxygens (including phenoxy) is 1. The lowest BCUT2D eigenvalue weighted by Gasteiger charge is -2.02. The molecule has 0 fully saturated rings. The summed E-state index contributed by atoms with van der Waals surface area (Å²) in [6, 6.07) is 4.57. The van der Waals surface area contributed by atoms with Crippen LogP contribution in [0, 0.1) is 5.82 Å². The number of carbonyl (C=O) groups excluding carboxylic acids is 1. The van der Waals surface area contributed by atoms with Crippen LogP contribution in [0.15, 0.2) is 18.2 Å². The minimum atomic E-state index is -0.574. The van der Waals surface area contributed by atoms with Crippen molar-refractivity contribution >= 4 is 22.6 Å². The molecule has 0 aliphatic rings. The number of halogens is 1. The molecule has 5 heteroatoms. The summed E-state index contributed by atoms with van der Waals surface area (Å²) in [7, 11) is 2.90. The van der Waals surface area contributed by atoms with Crippen molar-refractivity contribution in [2.75, 3.05) is 12.8 Å². The molecule has 2 aromatic rings. The van der Waals surface area contributed by atoms with E-state index in [9.17, 15) is 9.18 Å². The zero-order valence-electron chi connectivity index (χ0n) is 8.95. The zero-order valence-corrected chi connectivity index (χ0v) is 8.95. The number of benzene rings is 1. The molecule has 0 bridgehead atoms. The van der Waals surface area contributed by atoms with Gasteiger partial charge in [-0.05, 0) is 12.1 Å². The van der Waals surface area contributed by atoms with E-state index in [1.54, 1.807) is 19.2 Å². The van der Waals surface area contributed by atoms with E-state index < -0.39 is 11.8 Å². The van der Waals surface area contributed by atoms with Crippen molar-refractivity contribution in [3.63, 3.8) is 0 Å². The van der Waals surface area contributed by atoms with Crippen LogP contribution in [0.5, 0.6) is 0 Å². The number of nitrogen functional groups attached to an aromatic ring is 1. The van der Waals surface area contributed by atoms with Gasteiger partial charge in [0.25, 0.3) is 0 Å². The number of anilines is 1. The molecule has 1 aromatic carbocycles. The van der Waals surface area contributed by atoms with Crippen molar-refractivity contribution in [3.05, 3.63) is 29.7 Å². The average Bonchev–Trinajstić information content (AvgIpc) is 2.52. The number of nitrogens with two attached hydrogens (primary N) is 1. The largest absolute Gasteiger partial charge is 0.464 e. The van der Waals surface area contributed by atoms with Crippen molar-refractivity contribution in [3.8, 4) is 0 Å². The molecule has 4 nitrogen and oxygen atoms in total. The molecular weight excluding hydrogens is 211 g/mol. The summed E-state index contributed by atoms with van der Waals surface area (Å²) in [6.07, 6.45) is 0. The Morgan fingerprint density at radius 1 is 1.50 bits per heavy atom. The minimum Gasteiger partial charge on any atom is -0.464 e. The highest BCUT2D eigenvalue weighted by molar-refractivity contribution is 6.06. The molecule has 0 spiro atoms. The lowest BCUT2D eigenvalue weighted by Crippen LogP contribution is -2.09. The second kappa shape index (κ2) is 3.52. The molecule has 0 atom stereocenters. The highest BCUT2D eigenvalue weighted by atomic mass is 19.1. The number of hydrogen-bond donors (Lipinski definition) is 1. The summed E-state index contributed by atoms with van der Waals surface area (Å²) in [5.74, 6) is -1.02. The predicted octanol–water partition coefficient (Wildman–Crippen LogP) is 1.69. The fourth-order valence-corrected chi connectivity index (χ4v) is 1.82. The van der Waals surface area contributed by atoms with Crippen LogP contribution in [0.25, 0.3) is 10.9 Å².